The summed E-state index contributed by atoms with van der Waals surface area (Å²) in [5, 5.41) is 5.37. The summed E-state index contributed by atoms with van der Waals surface area (Å²) in [4.78, 5) is 9.22. The summed E-state index contributed by atoms with van der Waals surface area (Å²) < 4.78 is 0. The zero-order valence-corrected chi connectivity index (χ0v) is 10.4. The number of nitrogen functional groups attached to an aromatic ring is 2. The lowest BCUT2D eigenvalue weighted by atomic mass is 10.2. The molecule has 0 aliphatic rings. The maximum Gasteiger partial charge on any atom is 0.223 e. The van der Waals surface area contributed by atoms with Gasteiger partial charge >= 0.3 is 0 Å². The van der Waals surface area contributed by atoms with Gasteiger partial charge in [0.2, 0.25) is 5.95 Å². The van der Waals surface area contributed by atoms with Crippen molar-refractivity contribution in [2.24, 2.45) is 0 Å². The molecule has 0 aromatic carbocycles. The van der Waals surface area contributed by atoms with Crippen LogP contribution in [0, 0.1) is 0 Å². The molecule has 0 fully saturated rings. The summed E-state index contributed by atoms with van der Waals surface area (Å²) in [5.74, 6) is 1.23. The summed E-state index contributed by atoms with van der Waals surface area (Å²) >= 11 is 1.71. The zero-order valence-electron chi connectivity index (χ0n) is 9.55. The van der Waals surface area contributed by atoms with E-state index < -0.39 is 0 Å². The lowest BCUT2D eigenvalue weighted by Crippen LogP contribution is -2.11. The van der Waals surface area contributed by atoms with Crippen LogP contribution in [-0.4, -0.2) is 9.97 Å². The monoisotopic (exact) mass is 249 g/mol. The smallest absolute Gasteiger partial charge is 0.223 e. The van der Waals surface area contributed by atoms with Gasteiger partial charge in [0.05, 0.1) is 6.04 Å². The van der Waals surface area contributed by atoms with Gasteiger partial charge in [0.15, 0.2) is 0 Å². The van der Waals surface area contributed by atoms with E-state index in [2.05, 4.69) is 33.7 Å². The second kappa shape index (κ2) is 5.01. The normalized spacial score (nSPS) is 12.3. The van der Waals surface area contributed by atoms with Crippen LogP contribution in [-0.2, 0) is 0 Å². The Bertz CT molecular complexity index is 462. The maximum absolute atomic E-state index is 5.63. The van der Waals surface area contributed by atoms with E-state index in [0.717, 1.165) is 6.42 Å². The maximum atomic E-state index is 5.63. The molecule has 2 aromatic heterocycles. The van der Waals surface area contributed by atoms with Crippen molar-refractivity contribution in [2.45, 2.75) is 19.4 Å². The van der Waals surface area contributed by atoms with Gasteiger partial charge in [-0.1, -0.05) is 13.0 Å². The number of rotatable bonds is 4. The van der Waals surface area contributed by atoms with Gasteiger partial charge in [-0.25, -0.2) is 0 Å². The number of nitrogens with zero attached hydrogens (tertiary/aromatic N) is 2. The molecule has 90 valence electrons. The first kappa shape index (κ1) is 11.7. The Morgan fingerprint density at radius 2 is 2.24 bits per heavy atom. The van der Waals surface area contributed by atoms with E-state index in [9.17, 15) is 0 Å². The first-order valence-electron chi connectivity index (χ1n) is 5.39. The van der Waals surface area contributed by atoms with E-state index in [0.29, 0.717) is 11.6 Å². The molecule has 0 aliphatic heterocycles. The molecule has 0 amide bonds. The van der Waals surface area contributed by atoms with Crippen LogP contribution >= 0.6 is 11.3 Å². The zero-order chi connectivity index (χ0) is 12.3. The van der Waals surface area contributed by atoms with Gasteiger partial charge < -0.3 is 16.8 Å². The Balaban J connectivity index is 2.18. The number of nitrogens with two attached hydrogens (primary N) is 2. The summed E-state index contributed by atoms with van der Waals surface area (Å²) in [6, 6.07) is 6.04. The third-order valence-electron chi connectivity index (χ3n) is 2.38. The number of thiophene rings is 1. The summed E-state index contributed by atoms with van der Waals surface area (Å²) in [6.45, 7) is 2.12. The lowest BCUT2D eigenvalue weighted by Gasteiger charge is -2.16. The van der Waals surface area contributed by atoms with Crippen molar-refractivity contribution in [3.05, 3.63) is 28.5 Å². The van der Waals surface area contributed by atoms with Gasteiger partial charge in [-0.3, -0.25) is 0 Å². The van der Waals surface area contributed by atoms with E-state index in [4.69, 9.17) is 11.5 Å². The Morgan fingerprint density at radius 1 is 1.41 bits per heavy atom. The van der Waals surface area contributed by atoms with Gasteiger partial charge in [0.1, 0.15) is 11.6 Å². The fourth-order valence-corrected chi connectivity index (χ4v) is 2.46. The Hall–Kier alpha value is -1.82. The molecule has 5 N–H and O–H groups in total. The molecule has 2 aromatic rings. The van der Waals surface area contributed by atoms with Gasteiger partial charge in [-0.05, 0) is 17.9 Å². The highest BCUT2D eigenvalue weighted by atomic mass is 32.1. The summed E-state index contributed by atoms with van der Waals surface area (Å²) in [6.07, 6.45) is 0.963. The quantitative estimate of drug-likeness (QED) is 0.773. The van der Waals surface area contributed by atoms with Gasteiger partial charge in [0.25, 0.3) is 0 Å². The fourth-order valence-electron chi connectivity index (χ4n) is 1.60. The first-order chi connectivity index (χ1) is 8.19. The minimum absolute atomic E-state index is 0.188. The van der Waals surface area contributed by atoms with Crippen LogP contribution in [0.1, 0.15) is 24.3 Å². The minimum atomic E-state index is 0.188. The predicted molar refractivity (Wildman–Crippen MR) is 71.8 cm³/mol. The lowest BCUT2D eigenvalue weighted by molar-refractivity contribution is 0.758. The highest BCUT2D eigenvalue weighted by Crippen LogP contribution is 2.25. The highest BCUT2D eigenvalue weighted by molar-refractivity contribution is 7.10. The third-order valence-corrected chi connectivity index (χ3v) is 3.37. The molecule has 6 heteroatoms. The highest BCUT2D eigenvalue weighted by Gasteiger charge is 2.11. The van der Waals surface area contributed by atoms with Crippen molar-refractivity contribution < 1.29 is 0 Å². The molecular formula is C11H15N5S. The molecule has 0 aliphatic carbocycles. The van der Waals surface area contributed by atoms with Crippen molar-refractivity contribution in [1.29, 1.82) is 0 Å². The fraction of sp³-hybridized carbons (Fsp3) is 0.273. The minimum Gasteiger partial charge on any atom is -0.383 e. The number of anilines is 3. The Kier molecular flexibility index (Phi) is 3.43. The van der Waals surface area contributed by atoms with Crippen LogP contribution < -0.4 is 16.8 Å². The standard InChI is InChI=1S/C11H15N5S/c1-2-7(8-4-3-5-17-8)14-10-6-9(12)15-11(13)16-10/h3-7H,2H2,1H3,(H5,12,13,14,15,16). The summed E-state index contributed by atoms with van der Waals surface area (Å²) in [5.41, 5.74) is 11.2. The SMILES string of the molecule is CCC(Nc1cc(N)nc(N)n1)c1cccs1. The number of hydrogen-bond donors (Lipinski definition) is 3. The molecule has 0 spiro atoms. The second-order valence-corrected chi connectivity index (χ2v) is 4.64. The number of hydrogen-bond acceptors (Lipinski definition) is 6. The van der Waals surface area contributed by atoms with Gasteiger partial charge in [-0.15, -0.1) is 11.3 Å². The van der Waals surface area contributed by atoms with Gasteiger partial charge in [-0.2, -0.15) is 9.97 Å². The van der Waals surface area contributed by atoms with Crippen LogP contribution in [0.4, 0.5) is 17.6 Å². The van der Waals surface area contributed by atoms with Crippen molar-refractivity contribution >= 4 is 28.9 Å². The first-order valence-corrected chi connectivity index (χ1v) is 6.27. The third kappa shape index (κ3) is 2.85. The van der Waals surface area contributed by atoms with E-state index in [1.807, 2.05) is 6.07 Å². The molecule has 5 nitrogen and oxygen atoms in total. The topological polar surface area (TPSA) is 89.8 Å². The van der Waals surface area contributed by atoms with Crippen LogP contribution in [0.5, 0.6) is 0 Å². The summed E-state index contributed by atoms with van der Waals surface area (Å²) in [7, 11) is 0. The average Bonchev–Trinajstić information content (AvgIpc) is 2.77. The molecular weight excluding hydrogens is 234 g/mol. The van der Waals surface area contributed by atoms with E-state index in [1.165, 1.54) is 4.88 Å². The molecule has 2 rings (SSSR count). The van der Waals surface area contributed by atoms with E-state index >= 15 is 0 Å². The van der Waals surface area contributed by atoms with Crippen LogP contribution in [0.15, 0.2) is 23.6 Å². The molecule has 0 bridgehead atoms. The molecule has 0 radical (unpaired) electrons. The predicted octanol–water partition coefficient (Wildman–Crippen LogP) is 2.27. The van der Waals surface area contributed by atoms with Crippen molar-refractivity contribution in [3.63, 3.8) is 0 Å². The Morgan fingerprint density at radius 3 is 2.82 bits per heavy atom. The molecule has 2 heterocycles. The molecule has 17 heavy (non-hydrogen) atoms. The van der Waals surface area contributed by atoms with Crippen molar-refractivity contribution in [2.75, 3.05) is 16.8 Å². The average molecular weight is 249 g/mol. The van der Waals surface area contributed by atoms with Crippen LogP contribution in [0.2, 0.25) is 0 Å². The molecule has 0 saturated carbocycles. The van der Waals surface area contributed by atoms with Gasteiger partial charge in [0, 0.05) is 10.9 Å². The molecule has 0 saturated heterocycles. The number of aromatic nitrogens is 2. The van der Waals surface area contributed by atoms with E-state index in [1.54, 1.807) is 17.4 Å². The largest absolute Gasteiger partial charge is 0.383 e. The second-order valence-electron chi connectivity index (χ2n) is 3.66. The number of nitrogens with one attached hydrogen (secondary N) is 1. The van der Waals surface area contributed by atoms with E-state index in [-0.39, 0.29) is 12.0 Å². The Labute approximate surface area is 104 Å². The van der Waals surface area contributed by atoms with Crippen molar-refractivity contribution in [1.82, 2.24) is 9.97 Å². The molecule has 1 atom stereocenters. The van der Waals surface area contributed by atoms with Crippen molar-refractivity contribution in [3.8, 4) is 0 Å². The van der Waals surface area contributed by atoms with Crippen LogP contribution in [0.3, 0.4) is 0 Å². The van der Waals surface area contributed by atoms with Crippen LogP contribution in [0.25, 0.3) is 0 Å². The molecule has 1 unspecified atom stereocenters.